The van der Waals surface area contributed by atoms with E-state index in [4.69, 9.17) is 0 Å². The van der Waals surface area contributed by atoms with Crippen LogP contribution in [0.25, 0.3) is 11.3 Å². The van der Waals surface area contributed by atoms with Gasteiger partial charge < -0.3 is 0 Å². The number of nitrogens with zero attached hydrogens (tertiary/aromatic N) is 2. The second-order valence-corrected chi connectivity index (χ2v) is 7.44. The summed E-state index contributed by atoms with van der Waals surface area (Å²) in [5.41, 5.74) is 3.79. The van der Waals surface area contributed by atoms with Crippen molar-refractivity contribution in [1.82, 2.24) is 10.2 Å². The first kappa shape index (κ1) is 17.8. The molecule has 0 spiro atoms. The number of Topliss-reactive ketones (excluding diaryl/α,β-unsaturated/α-hetero) is 1. The van der Waals surface area contributed by atoms with Gasteiger partial charge in [-0.15, -0.1) is 10.2 Å². The lowest BCUT2D eigenvalue weighted by Crippen LogP contribution is -2.03. The third kappa shape index (κ3) is 4.77. The van der Waals surface area contributed by atoms with E-state index in [9.17, 15) is 4.79 Å². The van der Waals surface area contributed by atoms with Crippen LogP contribution in [0.3, 0.4) is 0 Å². The summed E-state index contributed by atoms with van der Waals surface area (Å²) in [7, 11) is 0. The smallest absolute Gasteiger partial charge is 0.173 e. The predicted molar refractivity (Wildman–Crippen MR) is 106 cm³/mol. The van der Waals surface area contributed by atoms with Crippen LogP contribution in [0.4, 0.5) is 0 Å². The summed E-state index contributed by atoms with van der Waals surface area (Å²) in [6, 6.07) is 19.6. The molecule has 0 fully saturated rings. The number of hydrogen-bond donors (Lipinski definition) is 0. The van der Waals surface area contributed by atoms with Crippen molar-refractivity contribution in [1.29, 1.82) is 0 Å². The van der Waals surface area contributed by atoms with E-state index in [-0.39, 0.29) is 5.78 Å². The second-order valence-electron chi connectivity index (χ2n) is 5.53. The number of ketones is 1. The Morgan fingerprint density at radius 1 is 1.04 bits per heavy atom. The summed E-state index contributed by atoms with van der Waals surface area (Å²) >= 11 is 4.86. The number of hydrogen-bond acceptors (Lipinski definition) is 4. The molecule has 0 radical (unpaired) electrons. The highest BCUT2D eigenvalue weighted by Gasteiger charge is 2.08. The largest absolute Gasteiger partial charge is 0.293 e. The zero-order chi connectivity index (χ0) is 17.6. The Morgan fingerprint density at radius 3 is 2.48 bits per heavy atom. The molecule has 126 valence electrons. The molecule has 1 heterocycles. The Bertz CT molecular complexity index is 864. The molecule has 0 aliphatic heterocycles. The molecule has 3 aromatic rings. The minimum atomic E-state index is 0.102. The van der Waals surface area contributed by atoms with Crippen LogP contribution >= 0.6 is 27.7 Å². The van der Waals surface area contributed by atoms with Crippen LogP contribution in [0, 0.1) is 0 Å². The molecule has 5 heteroatoms. The molecular weight excluding hydrogens is 396 g/mol. The molecule has 0 amide bonds. The standard InChI is InChI=1S/C20H17BrN2OS/c1-2-14-6-8-15(9-7-14)19(24)13-25-20-11-10-18(22-23-20)16-4-3-5-17(21)12-16/h3-12H,2,13H2,1H3. The minimum Gasteiger partial charge on any atom is -0.293 e. The maximum absolute atomic E-state index is 12.3. The average molecular weight is 413 g/mol. The van der Waals surface area contributed by atoms with Gasteiger partial charge >= 0.3 is 0 Å². The van der Waals surface area contributed by atoms with Crippen molar-refractivity contribution < 1.29 is 4.79 Å². The summed E-state index contributed by atoms with van der Waals surface area (Å²) in [4.78, 5) is 12.3. The summed E-state index contributed by atoms with van der Waals surface area (Å²) in [6.45, 7) is 2.10. The molecule has 3 rings (SSSR count). The van der Waals surface area contributed by atoms with Gasteiger partial charge in [-0.05, 0) is 36.2 Å². The number of halogens is 1. The molecule has 0 N–H and O–H groups in total. The van der Waals surface area contributed by atoms with Crippen molar-refractivity contribution in [2.45, 2.75) is 18.4 Å². The maximum atomic E-state index is 12.3. The highest BCUT2D eigenvalue weighted by atomic mass is 79.9. The van der Waals surface area contributed by atoms with Crippen LogP contribution in [0.15, 0.2) is 70.2 Å². The number of thioether (sulfide) groups is 1. The topological polar surface area (TPSA) is 42.9 Å². The first-order valence-corrected chi connectivity index (χ1v) is 9.78. The Hall–Kier alpha value is -1.98. The number of aryl methyl sites for hydroxylation is 1. The summed E-state index contributed by atoms with van der Waals surface area (Å²) in [6.07, 6.45) is 0.975. The lowest BCUT2D eigenvalue weighted by Gasteiger charge is -2.04. The van der Waals surface area contributed by atoms with E-state index in [1.54, 1.807) is 0 Å². The number of carbonyl (C=O) groups is 1. The molecule has 0 aliphatic carbocycles. The van der Waals surface area contributed by atoms with Crippen LogP contribution in [0.2, 0.25) is 0 Å². The van der Waals surface area contributed by atoms with Crippen molar-refractivity contribution in [2.24, 2.45) is 0 Å². The summed E-state index contributed by atoms with van der Waals surface area (Å²) < 4.78 is 1.00. The predicted octanol–water partition coefficient (Wildman–Crippen LogP) is 5.44. The molecule has 3 nitrogen and oxygen atoms in total. The third-order valence-corrected chi connectivity index (χ3v) is 5.21. The summed E-state index contributed by atoms with van der Waals surface area (Å²) in [5, 5.41) is 9.23. The van der Waals surface area contributed by atoms with E-state index < -0.39 is 0 Å². The van der Waals surface area contributed by atoms with Gasteiger partial charge in [0.2, 0.25) is 0 Å². The highest BCUT2D eigenvalue weighted by molar-refractivity contribution is 9.10. The van der Waals surface area contributed by atoms with Gasteiger partial charge in [0.1, 0.15) is 5.03 Å². The molecule has 0 atom stereocenters. The van der Waals surface area contributed by atoms with Gasteiger partial charge in [-0.3, -0.25) is 4.79 Å². The van der Waals surface area contributed by atoms with E-state index in [0.29, 0.717) is 5.75 Å². The fourth-order valence-electron chi connectivity index (χ4n) is 2.35. The SMILES string of the molecule is CCc1ccc(C(=O)CSc2ccc(-c3cccc(Br)c3)nn2)cc1. The van der Waals surface area contributed by atoms with Crippen molar-refractivity contribution in [3.05, 3.63) is 76.3 Å². The van der Waals surface area contributed by atoms with Gasteiger partial charge in [-0.25, -0.2) is 0 Å². The van der Waals surface area contributed by atoms with E-state index >= 15 is 0 Å². The lowest BCUT2D eigenvalue weighted by atomic mass is 10.1. The summed E-state index contributed by atoms with van der Waals surface area (Å²) in [5.74, 6) is 0.460. The minimum absolute atomic E-state index is 0.102. The fraction of sp³-hybridized carbons (Fsp3) is 0.150. The Balaban J connectivity index is 1.62. The molecule has 2 aromatic carbocycles. The number of benzene rings is 2. The van der Waals surface area contributed by atoms with Crippen molar-refractivity contribution in [3.8, 4) is 11.3 Å². The maximum Gasteiger partial charge on any atom is 0.173 e. The van der Waals surface area contributed by atoms with E-state index in [1.807, 2.05) is 60.7 Å². The normalized spacial score (nSPS) is 10.6. The van der Waals surface area contributed by atoms with Gasteiger partial charge in [0.05, 0.1) is 11.4 Å². The number of carbonyl (C=O) groups excluding carboxylic acids is 1. The van der Waals surface area contributed by atoms with Crippen molar-refractivity contribution in [3.63, 3.8) is 0 Å². The molecule has 1 aromatic heterocycles. The zero-order valence-electron chi connectivity index (χ0n) is 13.8. The molecule has 25 heavy (non-hydrogen) atoms. The molecule has 0 aliphatic rings. The van der Waals surface area contributed by atoms with Crippen LogP contribution in [-0.2, 0) is 6.42 Å². The monoisotopic (exact) mass is 412 g/mol. The van der Waals surface area contributed by atoms with Crippen LogP contribution in [-0.4, -0.2) is 21.7 Å². The van der Waals surface area contributed by atoms with Gasteiger partial charge in [0.25, 0.3) is 0 Å². The number of rotatable bonds is 6. The Labute approximate surface area is 160 Å². The zero-order valence-corrected chi connectivity index (χ0v) is 16.2. The quantitative estimate of drug-likeness (QED) is 0.399. The molecule has 0 saturated heterocycles. The second kappa shape index (κ2) is 8.41. The average Bonchev–Trinajstić information content (AvgIpc) is 2.66. The van der Waals surface area contributed by atoms with Crippen LogP contribution in [0.5, 0.6) is 0 Å². The van der Waals surface area contributed by atoms with Crippen LogP contribution in [0.1, 0.15) is 22.8 Å². The Morgan fingerprint density at radius 2 is 1.84 bits per heavy atom. The van der Waals surface area contributed by atoms with E-state index in [0.717, 1.165) is 32.7 Å². The van der Waals surface area contributed by atoms with Gasteiger partial charge in [0, 0.05) is 15.6 Å². The third-order valence-electron chi connectivity index (χ3n) is 3.80. The first-order chi connectivity index (χ1) is 12.2. The van der Waals surface area contributed by atoms with Gasteiger partial charge in [-0.1, -0.05) is 71.0 Å². The number of aromatic nitrogens is 2. The Kier molecular flexibility index (Phi) is 6.00. The molecule has 0 unspecified atom stereocenters. The van der Waals surface area contributed by atoms with E-state index in [1.165, 1.54) is 17.3 Å². The highest BCUT2D eigenvalue weighted by Crippen LogP contribution is 2.23. The molecular formula is C20H17BrN2OS. The molecule has 0 saturated carbocycles. The van der Waals surface area contributed by atoms with Crippen LogP contribution < -0.4 is 0 Å². The van der Waals surface area contributed by atoms with Gasteiger partial charge in [0.15, 0.2) is 5.78 Å². The fourth-order valence-corrected chi connectivity index (χ4v) is 3.46. The van der Waals surface area contributed by atoms with Gasteiger partial charge in [-0.2, -0.15) is 0 Å². The van der Waals surface area contributed by atoms with Crippen molar-refractivity contribution >= 4 is 33.5 Å². The van der Waals surface area contributed by atoms with Crippen molar-refractivity contribution in [2.75, 3.05) is 5.75 Å². The molecule has 0 bridgehead atoms. The van der Waals surface area contributed by atoms with E-state index in [2.05, 4.69) is 33.1 Å². The first-order valence-electron chi connectivity index (χ1n) is 8.00. The lowest BCUT2D eigenvalue weighted by molar-refractivity contribution is 0.102.